The van der Waals surface area contributed by atoms with Crippen LogP contribution in [0.25, 0.3) is 10.9 Å². The standard InChI is InChI=1S/C27H35N3O4S/c1-29-11-9-22(18-29)35-14-13-30-12-8-19(20(17-30)15-27(32)33)3-6-26(31)23-7-10-28-25-5-4-21(34-2)16-24(23)25/h4-5,7,9-11,16,18-20,26,31H,3,6,8,12-15,17H2,1-2H3,(H,32,33)/t19-,20+,26?/m1/s1. The zero-order valence-corrected chi connectivity index (χ0v) is 21.3. The molecule has 3 atom stereocenters. The number of thioether (sulfide) groups is 1. The summed E-state index contributed by atoms with van der Waals surface area (Å²) in [4.78, 5) is 19.7. The zero-order chi connectivity index (χ0) is 24.8. The summed E-state index contributed by atoms with van der Waals surface area (Å²) >= 11 is 1.84. The molecular formula is C27H35N3O4S. The molecule has 0 spiro atoms. The number of benzene rings is 1. The number of nitrogens with zero attached hydrogens (tertiary/aromatic N) is 3. The largest absolute Gasteiger partial charge is 0.497 e. The van der Waals surface area contributed by atoms with Gasteiger partial charge in [-0.05, 0) is 73.5 Å². The second-order valence-corrected chi connectivity index (χ2v) is 10.6. The predicted molar refractivity (Wildman–Crippen MR) is 139 cm³/mol. The van der Waals surface area contributed by atoms with Gasteiger partial charge in [0.25, 0.3) is 0 Å². The van der Waals surface area contributed by atoms with E-state index in [2.05, 4.69) is 32.9 Å². The molecule has 2 aromatic heterocycles. The van der Waals surface area contributed by atoms with Gasteiger partial charge in [-0.15, -0.1) is 11.8 Å². The molecule has 1 aromatic carbocycles. The molecule has 188 valence electrons. The van der Waals surface area contributed by atoms with Crippen molar-refractivity contribution in [1.29, 1.82) is 0 Å². The van der Waals surface area contributed by atoms with E-state index in [-0.39, 0.29) is 12.3 Å². The van der Waals surface area contributed by atoms with Crippen LogP contribution in [0.2, 0.25) is 0 Å². The zero-order valence-electron chi connectivity index (χ0n) is 20.5. The summed E-state index contributed by atoms with van der Waals surface area (Å²) in [6.07, 6.45) is 7.82. The summed E-state index contributed by atoms with van der Waals surface area (Å²) in [5.74, 6) is 1.38. The van der Waals surface area contributed by atoms with Crippen molar-refractivity contribution in [3.05, 3.63) is 54.5 Å². The number of carboxylic acid groups (broad SMARTS) is 1. The second kappa shape index (κ2) is 11.9. The third-order valence-electron chi connectivity index (χ3n) is 7.05. The van der Waals surface area contributed by atoms with E-state index >= 15 is 0 Å². The van der Waals surface area contributed by atoms with Gasteiger partial charge in [-0.1, -0.05) is 0 Å². The Balaban J connectivity index is 1.35. The van der Waals surface area contributed by atoms with Crippen LogP contribution in [0.3, 0.4) is 0 Å². The van der Waals surface area contributed by atoms with E-state index in [9.17, 15) is 15.0 Å². The average molecular weight is 498 g/mol. The third kappa shape index (κ3) is 6.78. The molecule has 0 saturated carbocycles. The number of aryl methyl sites for hydroxylation is 1. The van der Waals surface area contributed by atoms with Crippen molar-refractivity contribution < 1.29 is 19.7 Å². The number of carboxylic acids is 1. The SMILES string of the molecule is COc1ccc2nccc(C(O)CC[C@@H]3CCN(CCSc4ccn(C)c4)C[C@@H]3CC(=O)O)c2c1. The molecule has 3 aromatic rings. The number of piperidine rings is 1. The summed E-state index contributed by atoms with van der Waals surface area (Å²) in [5.41, 5.74) is 1.67. The highest BCUT2D eigenvalue weighted by atomic mass is 32.2. The van der Waals surface area contributed by atoms with Gasteiger partial charge in [0.15, 0.2) is 0 Å². The van der Waals surface area contributed by atoms with Crippen LogP contribution < -0.4 is 4.74 Å². The van der Waals surface area contributed by atoms with Crippen molar-refractivity contribution in [3.63, 3.8) is 0 Å². The smallest absolute Gasteiger partial charge is 0.303 e. The van der Waals surface area contributed by atoms with Crippen LogP contribution in [0.1, 0.15) is 37.4 Å². The van der Waals surface area contributed by atoms with Crippen molar-refractivity contribution in [2.75, 3.05) is 32.5 Å². The molecule has 2 N–H and O–H groups in total. The number of aliphatic hydroxyl groups is 1. The van der Waals surface area contributed by atoms with Crippen LogP contribution in [0.15, 0.2) is 53.8 Å². The first kappa shape index (κ1) is 25.5. The molecule has 1 aliphatic heterocycles. The normalized spacial score (nSPS) is 19.6. The molecule has 1 fully saturated rings. The quantitative estimate of drug-likeness (QED) is 0.374. The maximum absolute atomic E-state index is 11.6. The van der Waals surface area contributed by atoms with Crippen LogP contribution in [-0.4, -0.2) is 63.1 Å². The highest BCUT2D eigenvalue weighted by Crippen LogP contribution is 2.35. The number of aliphatic carboxylic acids is 1. The van der Waals surface area contributed by atoms with Crippen molar-refractivity contribution in [2.24, 2.45) is 18.9 Å². The van der Waals surface area contributed by atoms with Crippen molar-refractivity contribution in [1.82, 2.24) is 14.5 Å². The minimum Gasteiger partial charge on any atom is -0.497 e. The number of carbonyl (C=O) groups is 1. The fraction of sp³-hybridized carbons (Fsp3) is 0.481. The molecular weight excluding hydrogens is 462 g/mol. The van der Waals surface area contributed by atoms with Crippen LogP contribution >= 0.6 is 11.8 Å². The molecule has 35 heavy (non-hydrogen) atoms. The van der Waals surface area contributed by atoms with Gasteiger partial charge in [0.2, 0.25) is 0 Å². The molecule has 1 saturated heterocycles. The molecule has 0 radical (unpaired) electrons. The number of aliphatic hydroxyl groups excluding tert-OH is 1. The van der Waals surface area contributed by atoms with E-state index < -0.39 is 12.1 Å². The summed E-state index contributed by atoms with van der Waals surface area (Å²) in [7, 11) is 3.65. The van der Waals surface area contributed by atoms with Gasteiger partial charge in [0, 0.05) is 61.2 Å². The Hall–Kier alpha value is -2.55. The van der Waals surface area contributed by atoms with Gasteiger partial charge in [-0.3, -0.25) is 9.78 Å². The van der Waals surface area contributed by atoms with E-state index in [0.29, 0.717) is 12.3 Å². The second-order valence-electron chi connectivity index (χ2n) is 9.44. The lowest BCUT2D eigenvalue weighted by molar-refractivity contribution is -0.139. The first-order chi connectivity index (χ1) is 16.9. The van der Waals surface area contributed by atoms with E-state index in [4.69, 9.17) is 4.74 Å². The van der Waals surface area contributed by atoms with Crippen LogP contribution in [0.4, 0.5) is 0 Å². The molecule has 4 rings (SSSR count). The van der Waals surface area contributed by atoms with Gasteiger partial charge in [0.1, 0.15) is 5.75 Å². The first-order valence-corrected chi connectivity index (χ1v) is 13.2. The molecule has 3 heterocycles. The monoisotopic (exact) mass is 497 g/mol. The Morgan fingerprint density at radius 3 is 2.89 bits per heavy atom. The lowest BCUT2D eigenvalue weighted by Gasteiger charge is -2.38. The van der Waals surface area contributed by atoms with Gasteiger partial charge in [0.05, 0.1) is 18.7 Å². The fourth-order valence-corrected chi connectivity index (χ4v) is 6.13. The molecule has 8 heteroatoms. The Morgan fingerprint density at radius 1 is 1.29 bits per heavy atom. The minimum absolute atomic E-state index is 0.101. The van der Waals surface area contributed by atoms with Crippen molar-refractivity contribution in [3.8, 4) is 5.75 Å². The molecule has 7 nitrogen and oxygen atoms in total. The minimum atomic E-state index is -0.742. The Bertz CT molecular complexity index is 1130. The molecule has 1 unspecified atom stereocenters. The fourth-order valence-electron chi connectivity index (χ4n) is 5.14. The van der Waals surface area contributed by atoms with Crippen molar-refractivity contribution in [2.45, 2.75) is 36.7 Å². The number of aromatic nitrogens is 2. The highest BCUT2D eigenvalue weighted by molar-refractivity contribution is 7.99. The average Bonchev–Trinajstić information content (AvgIpc) is 3.27. The van der Waals surface area contributed by atoms with E-state index in [1.165, 1.54) is 4.90 Å². The Kier molecular flexibility index (Phi) is 8.70. The van der Waals surface area contributed by atoms with Crippen LogP contribution in [-0.2, 0) is 11.8 Å². The maximum atomic E-state index is 11.6. The maximum Gasteiger partial charge on any atom is 0.303 e. The molecule has 0 bridgehead atoms. The van der Waals surface area contributed by atoms with Crippen LogP contribution in [0.5, 0.6) is 5.75 Å². The number of fused-ring (bicyclic) bond motifs is 1. The van der Waals surface area contributed by atoms with E-state index in [1.807, 2.05) is 43.1 Å². The Morgan fingerprint density at radius 2 is 2.14 bits per heavy atom. The predicted octanol–water partition coefficient (Wildman–Crippen LogP) is 4.60. The molecule has 0 aliphatic carbocycles. The lowest BCUT2D eigenvalue weighted by Crippen LogP contribution is -2.42. The van der Waals surface area contributed by atoms with E-state index in [1.54, 1.807) is 13.3 Å². The van der Waals surface area contributed by atoms with Crippen molar-refractivity contribution >= 4 is 28.6 Å². The molecule has 1 aliphatic rings. The lowest BCUT2D eigenvalue weighted by atomic mass is 9.79. The Labute approximate surface area is 211 Å². The molecule has 0 amide bonds. The summed E-state index contributed by atoms with van der Waals surface area (Å²) in [5, 5.41) is 21.5. The number of rotatable bonds is 11. The summed E-state index contributed by atoms with van der Waals surface area (Å²) < 4.78 is 7.41. The van der Waals surface area contributed by atoms with Gasteiger partial charge in [-0.25, -0.2) is 0 Å². The van der Waals surface area contributed by atoms with Gasteiger partial charge in [-0.2, -0.15) is 0 Å². The number of pyridine rings is 1. The van der Waals surface area contributed by atoms with Gasteiger partial charge >= 0.3 is 5.97 Å². The first-order valence-electron chi connectivity index (χ1n) is 12.2. The van der Waals surface area contributed by atoms with Crippen LogP contribution in [0, 0.1) is 11.8 Å². The summed E-state index contributed by atoms with van der Waals surface area (Å²) in [6.45, 7) is 2.73. The number of hydrogen-bond donors (Lipinski definition) is 2. The number of ether oxygens (including phenoxy) is 1. The number of hydrogen-bond acceptors (Lipinski definition) is 6. The highest BCUT2D eigenvalue weighted by Gasteiger charge is 2.31. The number of methoxy groups -OCH3 is 1. The number of likely N-dealkylation sites (tertiary alicyclic amines) is 1. The summed E-state index contributed by atoms with van der Waals surface area (Å²) in [6, 6.07) is 9.68. The van der Waals surface area contributed by atoms with E-state index in [0.717, 1.165) is 60.4 Å². The topological polar surface area (TPSA) is 87.8 Å². The third-order valence-corrected chi connectivity index (χ3v) is 8.01. The van der Waals surface area contributed by atoms with Gasteiger partial charge < -0.3 is 24.4 Å².